The van der Waals surface area contributed by atoms with Gasteiger partial charge in [0.2, 0.25) is 5.91 Å². The minimum absolute atomic E-state index is 0.0722. The molecule has 1 rings (SSSR count). The van der Waals surface area contributed by atoms with Crippen molar-refractivity contribution in [3.05, 3.63) is 34.6 Å². The van der Waals surface area contributed by atoms with Gasteiger partial charge in [0, 0.05) is 22.0 Å². The zero-order valence-electron chi connectivity index (χ0n) is 10.4. The molecule has 0 heterocycles. The smallest absolute Gasteiger partial charge is 0.224 e. The molecule has 18 heavy (non-hydrogen) atoms. The largest absolute Gasteiger partial charge is 0.351 e. The van der Waals surface area contributed by atoms with Crippen LogP contribution in [0.2, 0.25) is 5.02 Å². The summed E-state index contributed by atoms with van der Waals surface area (Å²) in [6, 6.07) is 4.37. The molecule has 0 aliphatic carbocycles. The van der Waals surface area contributed by atoms with Crippen LogP contribution in [0.1, 0.15) is 25.8 Å². The molecule has 0 aliphatic rings. The van der Waals surface area contributed by atoms with E-state index in [9.17, 15) is 9.18 Å². The fourth-order valence-electron chi connectivity index (χ4n) is 1.58. The summed E-state index contributed by atoms with van der Waals surface area (Å²) in [6.45, 7) is 3.74. The van der Waals surface area contributed by atoms with Crippen LogP contribution in [-0.2, 0) is 11.2 Å². The number of benzene rings is 1. The number of carbonyl (C=O) groups is 1. The van der Waals surface area contributed by atoms with Crippen molar-refractivity contribution in [1.29, 1.82) is 0 Å². The lowest BCUT2D eigenvalue weighted by atomic mass is 10.0. The lowest BCUT2D eigenvalue weighted by Crippen LogP contribution is -2.44. The van der Waals surface area contributed by atoms with Gasteiger partial charge in [0.15, 0.2) is 0 Å². The maximum Gasteiger partial charge on any atom is 0.224 e. The molecule has 0 aromatic heterocycles. The van der Waals surface area contributed by atoms with Crippen LogP contribution in [0.3, 0.4) is 0 Å². The highest BCUT2D eigenvalue weighted by molar-refractivity contribution is 6.31. The third-order valence-electron chi connectivity index (χ3n) is 2.60. The molecule has 0 saturated heterocycles. The molecule has 0 spiro atoms. The van der Waals surface area contributed by atoms with Crippen LogP contribution in [0.15, 0.2) is 18.2 Å². The number of hydrogen-bond donors (Lipinski definition) is 1. The van der Waals surface area contributed by atoms with Crippen LogP contribution in [0.5, 0.6) is 0 Å². The third kappa shape index (κ3) is 4.46. The molecule has 1 aromatic carbocycles. The SMILES string of the molecule is CC(C)(CCCl)NC(=O)Cc1c(F)cccc1Cl. The summed E-state index contributed by atoms with van der Waals surface area (Å²) in [5.41, 5.74) is -0.185. The Kier molecular flexibility index (Phi) is 5.42. The second-order valence-corrected chi connectivity index (χ2v) is 5.53. The number of hydrogen-bond acceptors (Lipinski definition) is 1. The van der Waals surface area contributed by atoms with Gasteiger partial charge in [-0.05, 0) is 32.4 Å². The van der Waals surface area contributed by atoms with Crippen molar-refractivity contribution in [2.45, 2.75) is 32.2 Å². The van der Waals surface area contributed by atoms with Gasteiger partial charge in [-0.25, -0.2) is 4.39 Å². The van der Waals surface area contributed by atoms with Gasteiger partial charge < -0.3 is 5.32 Å². The first-order chi connectivity index (χ1) is 8.35. The van der Waals surface area contributed by atoms with Crippen LogP contribution in [0.25, 0.3) is 0 Å². The average molecular weight is 292 g/mol. The molecule has 0 fully saturated rings. The van der Waals surface area contributed by atoms with E-state index in [1.165, 1.54) is 12.1 Å². The second-order valence-electron chi connectivity index (χ2n) is 4.75. The average Bonchev–Trinajstić information content (AvgIpc) is 2.22. The van der Waals surface area contributed by atoms with Crippen LogP contribution in [-0.4, -0.2) is 17.3 Å². The van der Waals surface area contributed by atoms with E-state index >= 15 is 0 Å². The van der Waals surface area contributed by atoms with Gasteiger partial charge in [0.25, 0.3) is 0 Å². The van der Waals surface area contributed by atoms with Crippen molar-refractivity contribution in [3.8, 4) is 0 Å². The fourth-order valence-corrected chi connectivity index (χ4v) is 2.28. The molecule has 2 nitrogen and oxygen atoms in total. The lowest BCUT2D eigenvalue weighted by molar-refractivity contribution is -0.122. The maximum absolute atomic E-state index is 13.5. The van der Waals surface area contributed by atoms with Crippen LogP contribution in [0.4, 0.5) is 4.39 Å². The molecular weight excluding hydrogens is 276 g/mol. The Morgan fingerprint density at radius 2 is 2.11 bits per heavy atom. The summed E-state index contributed by atoms with van der Waals surface area (Å²) in [5.74, 6) is -0.279. The highest BCUT2D eigenvalue weighted by atomic mass is 35.5. The number of halogens is 3. The van der Waals surface area contributed by atoms with Gasteiger partial charge >= 0.3 is 0 Å². The van der Waals surface area contributed by atoms with Crippen molar-refractivity contribution >= 4 is 29.1 Å². The van der Waals surface area contributed by atoms with E-state index in [0.29, 0.717) is 12.3 Å². The van der Waals surface area contributed by atoms with Gasteiger partial charge in [-0.1, -0.05) is 17.7 Å². The Morgan fingerprint density at radius 3 is 2.67 bits per heavy atom. The lowest BCUT2D eigenvalue weighted by Gasteiger charge is -2.25. The van der Waals surface area contributed by atoms with E-state index < -0.39 is 11.4 Å². The van der Waals surface area contributed by atoms with E-state index in [4.69, 9.17) is 23.2 Å². The molecular formula is C13H16Cl2FNO. The van der Waals surface area contributed by atoms with Gasteiger partial charge in [-0.2, -0.15) is 0 Å². The Morgan fingerprint density at radius 1 is 1.44 bits per heavy atom. The van der Waals surface area contributed by atoms with Crippen molar-refractivity contribution in [1.82, 2.24) is 5.32 Å². The third-order valence-corrected chi connectivity index (χ3v) is 3.14. The maximum atomic E-state index is 13.5. The summed E-state index contributed by atoms with van der Waals surface area (Å²) in [4.78, 5) is 11.8. The molecule has 0 unspecified atom stereocenters. The molecule has 100 valence electrons. The first-order valence-electron chi connectivity index (χ1n) is 5.65. The number of nitrogens with one attached hydrogen (secondary N) is 1. The zero-order chi connectivity index (χ0) is 13.8. The first kappa shape index (κ1) is 15.3. The highest BCUT2D eigenvalue weighted by Gasteiger charge is 2.21. The van der Waals surface area contributed by atoms with Crippen LogP contribution < -0.4 is 5.32 Å². The second kappa shape index (κ2) is 6.39. The van der Waals surface area contributed by atoms with Gasteiger partial charge in [0.1, 0.15) is 5.82 Å². The minimum Gasteiger partial charge on any atom is -0.351 e. The van der Waals surface area contributed by atoms with Crippen molar-refractivity contribution in [2.24, 2.45) is 0 Å². The normalized spacial score (nSPS) is 11.4. The van der Waals surface area contributed by atoms with Crippen LogP contribution >= 0.6 is 23.2 Å². The number of rotatable bonds is 5. The van der Waals surface area contributed by atoms with Gasteiger partial charge in [0.05, 0.1) is 6.42 Å². The number of amides is 1. The Hall–Kier alpha value is -0.800. The minimum atomic E-state index is -0.465. The predicted octanol–water partition coefficient (Wildman–Crippen LogP) is 3.55. The van der Waals surface area contributed by atoms with E-state index in [-0.39, 0.29) is 22.9 Å². The molecule has 0 saturated carbocycles. The molecule has 1 N–H and O–H groups in total. The fraction of sp³-hybridized carbons (Fsp3) is 0.462. The molecule has 1 amide bonds. The molecule has 1 aromatic rings. The molecule has 0 bridgehead atoms. The first-order valence-corrected chi connectivity index (χ1v) is 6.57. The Labute approximate surface area is 116 Å². The Bertz CT molecular complexity index is 415. The van der Waals surface area contributed by atoms with Crippen molar-refractivity contribution in [2.75, 3.05) is 5.88 Å². The summed E-state index contributed by atoms with van der Waals surface area (Å²) < 4.78 is 13.5. The highest BCUT2D eigenvalue weighted by Crippen LogP contribution is 2.20. The van der Waals surface area contributed by atoms with Gasteiger partial charge in [-0.3, -0.25) is 4.79 Å². The zero-order valence-corrected chi connectivity index (χ0v) is 11.9. The van der Waals surface area contributed by atoms with E-state index in [2.05, 4.69) is 5.32 Å². The van der Waals surface area contributed by atoms with Crippen LogP contribution in [0, 0.1) is 5.82 Å². The summed E-state index contributed by atoms with van der Waals surface area (Å²) in [7, 11) is 0. The van der Waals surface area contributed by atoms with E-state index in [0.717, 1.165) is 0 Å². The van der Waals surface area contributed by atoms with E-state index in [1.807, 2.05) is 13.8 Å². The molecule has 5 heteroatoms. The van der Waals surface area contributed by atoms with E-state index in [1.54, 1.807) is 6.07 Å². The summed E-state index contributed by atoms with van der Waals surface area (Å²) in [5, 5.41) is 3.08. The van der Waals surface area contributed by atoms with Crippen molar-refractivity contribution < 1.29 is 9.18 Å². The van der Waals surface area contributed by atoms with Crippen molar-refractivity contribution in [3.63, 3.8) is 0 Å². The topological polar surface area (TPSA) is 29.1 Å². The number of carbonyl (C=O) groups excluding carboxylic acids is 1. The molecule has 0 aliphatic heterocycles. The predicted molar refractivity (Wildman–Crippen MR) is 72.7 cm³/mol. The Balaban J connectivity index is 2.71. The molecule has 0 radical (unpaired) electrons. The summed E-state index contributed by atoms with van der Waals surface area (Å²) >= 11 is 11.5. The number of alkyl halides is 1. The van der Waals surface area contributed by atoms with Gasteiger partial charge in [-0.15, -0.1) is 11.6 Å². The molecule has 0 atom stereocenters. The standard InChI is InChI=1S/C13H16Cl2FNO/c1-13(2,6-7-14)17-12(18)8-9-10(15)4-3-5-11(9)16/h3-5H,6-8H2,1-2H3,(H,17,18). The summed E-state index contributed by atoms with van der Waals surface area (Å²) in [6.07, 6.45) is 0.572. The quantitative estimate of drug-likeness (QED) is 0.826. The monoisotopic (exact) mass is 291 g/mol.